The summed E-state index contributed by atoms with van der Waals surface area (Å²) in [6.07, 6.45) is 0.607. The van der Waals surface area contributed by atoms with Gasteiger partial charge in [-0.3, -0.25) is 10.1 Å². The number of nitrogens with two attached hydrogens (primary N) is 1. The van der Waals surface area contributed by atoms with Gasteiger partial charge in [0.05, 0.1) is 10.5 Å². The molecule has 0 radical (unpaired) electrons. The highest BCUT2D eigenvalue weighted by Gasteiger charge is 2.23. The van der Waals surface area contributed by atoms with Crippen molar-refractivity contribution in [1.82, 2.24) is 5.16 Å². The summed E-state index contributed by atoms with van der Waals surface area (Å²) in [6, 6.07) is 4.89. The van der Waals surface area contributed by atoms with Crippen LogP contribution in [0.4, 0.5) is 11.6 Å². The van der Waals surface area contributed by atoms with Crippen molar-refractivity contribution in [3.8, 4) is 11.3 Å². The van der Waals surface area contributed by atoms with Crippen molar-refractivity contribution in [2.45, 2.75) is 20.3 Å². The normalized spacial score (nSPS) is 10.6. The second-order valence-electron chi connectivity index (χ2n) is 3.95. The molecule has 0 amide bonds. The third-order valence-corrected chi connectivity index (χ3v) is 2.86. The first-order valence-corrected chi connectivity index (χ1v) is 5.54. The highest BCUT2D eigenvalue weighted by molar-refractivity contribution is 5.78. The van der Waals surface area contributed by atoms with E-state index in [2.05, 4.69) is 5.16 Å². The van der Waals surface area contributed by atoms with Crippen LogP contribution in [-0.2, 0) is 6.42 Å². The molecule has 0 atom stereocenters. The van der Waals surface area contributed by atoms with Crippen LogP contribution in [0.15, 0.2) is 22.7 Å². The molecule has 0 saturated carbocycles. The van der Waals surface area contributed by atoms with Gasteiger partial charge in [-0.2, -0.15) is 0 Å². The monoisotopic (exact) mass is 247 g/mol. The minimum Gasteiger partial charge on any atom is -0.367 e. The van der Waals surface area contributed by atoms with E-state index in [0.29, 0.717) is 23.2 Å². The zero-order valence-electron chi connectivity index (χ0n) is 10.1. The maximum absolute atomic E-state index is 11.1. The molecule has 1 aromatic heterocycles. The summed E-state index contributed by atoms with van der Waals surface area (Å²) in [6.45, 7) is 3.70. The molecule has 0 aliphatic carbocycles. The van der Waals surface area contributed by atoms with Crippen LogP contribution in [0.2, 0.25) is 0 Å². The first-order chi connectivity index (χ1) is 8.56. The quantitative estimate of drug-likeness (QED) is 0.664. The molecule has 2 rings (SSSR count). The third-order valence-electron chi connectivity index (χ3n) is 2.86. The zero-order valence-corrected chi connectivity index (χ0v) is 10.1. The Morgan fingerprint density at radius 2 is 2.22 bits per heavy atom. The Morgan fingerprint density at radius 1 is 1.50 bits per heavy atom. The maximum atomic E-state index is 11.1. The van der Waals surface area contributed by atoms with Gasteiger partial charge >= 0.3 is 0 Å². The first kappa shape index (κ1) is 12.1. The lowest BCUT2D eigenvalue weighted by Gasteiger charge is -2.04. The van der Waals surface area contributed by atoms with Gasteiger partial charge in [-0.1, -0.05) is 24.2 Å². The number of nitrogens with zero attached hydrogens (tertiary/aromatic N) is 2. The molecule has 0 unspecified atom stereocenters. The molecule has 94 valence electrons. The molecule has 2 N–H and O–H groups in total. The van der Waals surface area contributed by atoms with Crippen LogP contribution in [-0.4, -0.2) is 10.1 Å². The number of nitro benzene ring substituents is 1. The van der Waals surface area contributed by atoms with Gasteiger partial charge in [-0.05, 0) is 18.9 Å². The second kappa shape index (κ2) is 4.48. The summed E-state index contributed by atoms with van der Waals surface area (Å²) in [5, 5.41) is 14.9. The predicted molar refractivity (Wildman–Crippen MR) is 67.1 cm³/mol. The van der Waals surface area contributed by atoms with E-state index in [1.807, 2.05) is 6.92 Å². The number of rotatable bonds is 3. The highest BCUT2D eigenvalue weighted by atomic mass is 16.6. The standard InChI is InChI=1S/C12H13N3O3/c1-3-8-11(14-18-12(8)13)10-7(2)5-4-6-9(10)15(16)17/h4-6H,3,13H2,1-2H3. The molecule has 1 aromatic carbocycles. The summed E-state index contributed by atoms with van der Waals surface area (Å²) in [5.41, 5.74) is 8.08. The molecule has 0 fully saturated rings. The van der Waals surface area contributed by atoms with Gasteiger partial charge in [0, 0.05) is 11.6 Å². The summed E-state index contributed by atoms with van der Waals surface area (Å²) in [4.78, 5) is 10.6. The molecule has 2 aromatic rings. The largest absolute Gasteiger partial charge is 0.367 e. The number of anilines is 1. The molecule has 0 aliphatic heterocycles. The number of benzene rings is 1. The van der Waals surface area contributed by atoms with Crippen molar-refractivity contribution in [1.29, 1.82) is 0 Å². The third kappa shape index (κ3) is 1.81. The lowest BCUT2D eigenvalue weighted by atomic mass is 9.99. The number of hydrogen-bond donors (Lipinski definition) is 1. The highest BCUT2D eigenvalue weighted by Crippen LogP contribution is 2.36. The predicted octanol–water partition coefficient (Wildman–Crippen LogP) is 2.70. The number of nitro groups is 1. The van der Waals surface area contributed by atoms with Crippen molar-refractivity contribution in [2.24, 2.45) is 0 Å². The number of nitrogen functional groups attached to an aromatic ring is 1. The van der Waals surface area contributed by atoms with E-state index < -0.39 is 4.92 Å². The average Bonchev–Trinajstić information content (AvgIpc) is 2.69. The summed E-state index contributed by atoms with van der Waals surface area (Å²) < 4.78 is 4.94. The lowest BCUT2D eigenvalue weighted by Crippen LogP contribution is -1.97. The second-order valence-corrected chi connectivity index (χ2v) is 3.95. The Hall–Kier alpha value is -2.37. The van der Waals surface area contributed by atoms with Crippen molar-refractivity contribution >= 4 is 11.6 Å². The Morgan fingerprint density at radius 3 is 2.83 bits per heavy atom. The molecule has 6 nitrogen and oxygen atoms in total. The minimum absolute atomic E-state index is 0.0120. The van der Waals surface area contributed by atoms with E-state index in [9.17, 15) is 10.1 Å². The van der Waals surface area contributed by atoms with E-state index in [4.69, 9.17) is 10.3 Å². The van der Waals surface area contributed by atoms with Gasteiger partial charge in [0.15, 0.2) is 0 Å². The van der Waals surface area contributed by atoms with E-state index >= 15 is 0 Å². The van der Waals surface area contributed by atoms with Crippen LogP contribution in [0.3, 0.4) is 0 Å². The zero-order chi connectivity index (χ0) is 13.3. The van der Waals surface area contributed by atoms with Crippen LogP contribution in [0.5, 0.6) is 0 Å². The van der Waals surface area contributed by atoms with Crippen LogP contribution < -0.4 is 5.73 Å². The van der Waals surface area contributed by atoms with Crippen molar-refractivity contribution in [3.05, 3.63) is 39.4 Å². The molecule has 0 saturated heterocycles. The Kier molecular flexibility index (Phi) is 3.01. The van der Waals surface area contributed by atoms with E-state index in [1.54, 1.807) is 19.1 Å². The van der Waals surface area contributed by atoms with Crippen molar-refractivity contribution in [2.75, 3.05) is 5.73 Å². The molecule has 0 aliphatic rings. The fourth-order valence-electron chi connectivity index (χ4n) is 1.97. The molecular weight excluding hydrogens is 234 g/mol. The van der Waals surface area contributed by atoms with Crippen molar-refractivity contribution in [3.63, 3.8) is 0 Å². The van der Waals surface area contributed by atoms with Gasteiger partial charge in [-0.25, -0.2) is 0 Å². The smallest absolute Gasteiger partial charge is 0.279 e. The Labute approximate surface area is 104 Å². The van der Waals surface area contributed by atoms with Crippen molar-refractivity contribution < 1.29 is 9.45 Å². The number of aromatic nitrogens is 1. The van der Waals surface area contributed by atoms with Gasteiger partial charge in [0.25, 0.3) is 5.69 Å². The molecule has 18 heavy (non-hydrogen) atoms. The summed E-state index contributed by atoms with van der Waals surface area (Å²) in [5.74, 6) is 0.213. The summed E-state index contributed by atoms with van der Waals surface area (Å²) in [7, 11) is 0. The Bertz CT molecular complexity index is 605. The molecule has 0 bridgehead atoms. The van der Waals surface area contributed by atoms with E-state index in [-0.39, 0.29) is 11.6 Å². The van der Waals surface area contributed by atoms with Crippen LogP contribution >= 0.6 is 0 Å². The molecule has 0 spiro atoms. The van der Waals surface area contributed by atoms with Gasteiger partial charge in [-0.15, -0.1) is 0 Å². The van der Waals surface area contributed by atoms with Gasteiger partial charge in [0.2, 0.25) is 5.88 Å². The topological polar surface area (TPSA) is 95.2 Å². The number of aryl methyl sites for hydroxylation is 1. The fraction of sp³-hybridized carbons (Fsp3) is 0.250. The van der Waals surface area contributed by atoms with Gasteiger partial charge < -0.3 is 10.3 Å². The van der Waals surface area contributed by atoms with Crippen LogP contribution in [0.25, 0.3) is 11.3 Å². The van der Waals surface area contributed by atoms with Gasteiger partial charge in [0.1, 0.15) is 5.69 Å². The number of hydrogen-bond acceptors (Lipinski definition) is 5. The van der Waals surface area contributed by atoms with E-state index in [1.165, 1.54) is 6.07 Å². The van der Waals surface area contributed by atoms with Crippen LogP contribution in [0.1, 0.15) is 18.1 Å². The summed E-state index contributed by atoms with van der Waals surface area (Å²) >= 11 is 0. The molecule has 6 heteroatoms. The SMILES string of the molecule is CCc1c(-c2c(C)cccc2[N+](=O)[O-])noc1N. The minimum atomic E-state index is -0.424. The first-order valence-electron chi connectivity index (χ1n) is 5.54. The fourth-order valence-corrected chi connectivity index (χ4v) is 1.97. The van der Waals surface area contributed by atoms with E-state index in [0.717, 1.165) is 5.56 Å². The molecular formula is C12H13N3O3. The maximum Gasteiger partial charge on any atom is 0.279 e. The average molecular weight is 247 g/mol. The lowest BCUT2D eigenvalue weighted by molar-refractivity contribution is -0.384. The molecule has 1 heterocycles. The Balaban J connectivity index is 2.74. The van der Waals surface area contributed by atoms with Crippen LogP contribution in [0, 0.1) is 17.0 Å².